The second-order valence-corrected chi connectivity index (χ2v) is 14.0. The Morgan fingerprint density at radius 2 is 1.11 bits per heavy atom. The fraction of sp³-hybridized carbons (Fsp3) is 0.0192. The minimum absolute atomic E-state index is 0.268. The Morgan fingerprint density at radius 1 is 0.482 bits per heavy atom. The number of aromatic nitrogens is 4. The lowest BCUT2D eigenvalue weighted by molar-refractivity contribution is 0.832. The van der Waals surface area contributed by atoms with Crippen molar-refractivity contribution < 1.29 is 0 Å². The quantitative estimate of drug-likeness (QED) is 0.147. The number of fused-ring (bicyclic) bond motifs is 4. The molecular weight excluding hydrogens is 681 g/mol. The van der Waals surface area contributed by atoms with Crippen molar-refractivity contribution in [3.63, 3.8) is 0 Å². The van der Waals surface area contributed by atoms with Crippen molar-refractivity contribution in [2.75, 3.05) is 0 Å². The van der Waals surface area contributed by atoms with E-state index in [4.69, 9.17) is 15.0 Å². The van der Waals surface area contributed by atoms with Gasteiger partial charge in [-0.1, -0.05) is 182 Å². The van der Waals surface area contributed by atoms with Gasteiger partial charge in [-0.25, -0.2) is 15.0 Å². The highest BCUT2D eigenvalue weighted by atomic mass is 15.0. The molecule has 1 unspecified atom stereocenters. The van der Waals surface area contributed by atoms with Crippen LogP contribution in [0.15, 0.2) is 206 Å². The van der Waals surface area contributed by atoms with Crippen LogP contribution in [0.4, 0.5) is 0 Å². The predicted molar refractivity (Wildman–Crippen MR) is 231 cm³/mol. The molecule has 2 aromatic heterocycles. The van der Waals surface area contributed by atoms with Gasteiger partial charge in [0, 0.05) is 27.6 Å². The van der Waals surface area contributed by atoms with Gasteiger partial charge in [-0.15, -0.1) is 0 Å². The zero-order valence-electron chi connectivity index (χ0n) is 30.6. The van der Waals surface area contributed by atoms with Gasteiger partial charge in [0.15, 0.2) is 11.6 Å². The molecule has 0 radical (unpaired) electrons. The van der Waals surface area contributed by atoms with E-state index in [2.05, 4.69) is 205 Å². The third kappa shape index (κ3) is 6.13. The Balaban J connectivity index is 1.27. The smallest absolute Gasteiger partial charge is 0.164 e. The SMILES string of the molecule is C(=C(c1ccccc1)c1nc(-c2ccc3c4ccccc4n(-c4ccccc4)c3c2)nc(C(c2ccccc2)c2cccc3ccccc23)n1)c1ccccc1. The molecule has 0 aliphatic rings. The zero-order chi connectivity index (χ0) is 37.3. The van der Waals surface area contributed by atoms with Crippen LogP contribution in [0.3, 0.4) is 0 Å². The van der Waals surface area contributed by atoms with Crippen LogP contribution in [0.25, 0.3) is 61.3 Å². The van der Waals surface area contributed by atoms with Gasteiger partial charge in [0.25, 0.3) is 0 Å². The molecule has 0 saturated heterocycles. The molecule has 0 N–H and O–H groups in total. The molecule has 264 valence electrons. The second-order valence-electron chi connectivity index (χ2n) is 14.0. The molecule has 0 bridgehead atoms. The summed E-state index contributed by atoms with van der Waals surface area (Å²) in [7, 11) is 0. The summed E-state index contributed by atoms with van der Waals surface area (Å²) < 4.78 is 2.34. The van der Waals surface area contributed by atoms with Crippen molar-refractivity contribution in [3.8, 4) is 17.1 Å². The molecule has 0 spiro atoms. The van der Waals surface area contributed by atoms with E-state index in [0.29, 0.717) is 17.5 Å². The molecule has 56 heavy (non-hydrogen) atoms. The number of hydrogen-bond donors (Lipinski definition) is 0. The Labute approximate surface area is 325 Å². The van der Waals surface area contributed by atoms with Crippen molar-refractivity contribution in [2.24, 2.45) is 0 Å². The Morgan fingerprint density at radius 3 is 1.89 bits per heavy atom. The molecular formula is C52H36N4. The standard InChI is InChI=1S/C52H36N4/c1-5-18-36(19-6-1)34-46(38-20-7-2-8-21-38)51-53-50(40-32-33-44-43-29-15-16-31-47(43)56(48(44)35-40)41-26-11-4-12-27-41)54-52(55-51)49(39-23-9-3-10-24-39)45-30-17-25-37-22-13-14-28-42(37)45/h1-35,49H. The fourth-order valence-electron chi connectivity index (χ4n) is 7.96. The van der Waals surface area contributed by atoms with E-state index in [9.17, 15) is 0 Å². The van der Waals surface area contributed by atoms with E-state index in [0.717, 1.165) is 50.1 Å². The van der Waals surface area contributed by atoms with E-state index in [1.807, 2.05) is 12.1 Å². The van der Waals surface area contributed by atoms with E-state index in [-0.39, 0.29) is 5.92 Å². The third-order valence-corrected chi connectivity index (χ3v) is 10.6. The lowest BCUT2D eigenvalue weighted by atomic mass is 9.87. The lowest BCUT2D eigenvalue weighted by Gasteiger charge is -2.21. The number of nitrogens with zero attached hydrogens (tertiary/aromatic N) is 4. The maximum Gasteiger partial charge on any atom is 0.164 e. The minimum atomic E-state index is -0.268. The number of para-hydroxylation sites is 2. The van der Waals surface area contributed by atoms with Crippen molar-refractivity contribution in [2.45, 2.75) is 5.92 Å². The van der Waals surface area contributed by atoms with Crippen LogP contribution in [0.1, 0.15) is 39.8 Å². The van der Waals surface area contributed by atoms with Crippen LogP contribution in [0, 0.1) is 0 Å². The Bertz CT molecular complexity index is 3000. The first-order valence-corrected chi connectivity index (χ1v) is 19.0. The van der Waals surface area contributed by atoms with Gasteiger partial charge >= 0.3 is 0 Å². The summed E-state index contributed by atoms with van der Waals surface area (Å²) in [6, 6.07) is 72.3. The van der Waals surface area contributed by atoms with Gasteiger partial charge in [0.1, 0.15) is 5.82 Å². The van der Waals surface area contributed by atoms with Crippen molar-refractivity contribution in [1.82, 2.24) is 19.5 Å². The highest BCUT2D eigenvalue weighted by Crippen LogP contribution is 2.38. The molecule has 10 rings (SSSR count). The summed E-state index contributed by atoms with van der Waals surface area (Å²) in [6.45, 7) is 0. The van der Waals surface area contributed by atoms with Gasteiger partial charge in [0.05, 0.1) is 17.0 Å². The summed E-state index contributed by atoms with van der Waals surface area (Å²) in [5, 5.41) is 4.72. The van der Waals surface area contributed by atoms with Crippen LogP contribution in [0.2, 0.25) is 0 Å². The molecule has 4 nitrogen and oxygen atoms in total. The molecule has 1 atom stereocenters. The van der Waals surface area contributed by atoms with Crippen molar-refractivity contribution in [3.05, 3.63) is 240 Å². The summed E-state index contributed by atoms with van der Waals surface area (Å²) in [6.07, 6.45) is 2.18. The number of rotatable bonds is 8. The van der Waals surface area contributed by atoms with Gasteiger partial charge in [-0.3, -0.25) is 0 Å². The number of benzene rings is 8. The van der Waals surface area contributed by atoms with E-state index in [1.165, 1.54) is 21.5 Å². The molecule has 0 amide bonds. The molecule has 10 aromatic rings. The largest absolute Gasteiger partial charge is 0.309 e. The molecule has 0 saturated carbocycles. The first-order chi connectivity index (χ1) is 27.8. The monoisotopic (exact) mass is 716 g/mol. The van der Waals surface area contributed by atoms with Crippen LogP contribution >= 0.6 is 0 Å². The highest BCUT2D eigenvalue weighted by Gasteiger charge is 2.25. The maximum absolute atomic E-state index is 5.46. The van der Waals surface area contributed by atoms with Crippen LogP contribution < -0.4 is 0 Å². The van der Waals surface area contributed by atoms with Crippen molar-refractivity contribution in [1.29, 1.82) is 0 Å². The summed E-state index contributed by atoms with van der Waals surface area (Å²) in [5.41, 5.74) is 9.54. The van der Waals surface area contributed by atoms with Crippen LogP contribution in [-0.4, -0.2) is 19.5 Å². The van der Waals surface area contributed by atoms with E-state index < -0.39 is 0 Å². The van der Waals surface area contributed by atoms with E-state index in [1.54, 1.807) is 0 Å². The van der Waals surface area contributed by atoms with E-state index >= 15 is 0 Å². The van der Waals surface area contributed by atoms with Crippen LogP contribution in [-0.2, 0) is 0 Å². The maximum atomic E-state index is 5.46. The highest BCUT2D eigenvalue weighted by molar-refractivity contribution is 6.10. The molecule has 0 aliphatic carbocycles. The average Bonchev–Trinajstić information content (AvgIpc) is 3.61. The molecule has 2 heterocycles. The third-order valence-electron chi connectivity index (χ3n) is 10.6. The zero-order valence-corrected chi connectivity index (χ0v) is 30.6. The molecule has 0 aliphatic heterocycles. The molecule has 4 heteroatoms. The summed E-state index contributed by atoms with van der Waals surface area (Å²) in [4.78, 5) is 16.3. The van der Waals surface area contributed by atoms with Crippen molar-refractivity contribution >= 4 is 44.2 Å². The van der Waals surface area contributed by atoms with Crippen LogP contribution in [0.5, 0.6) is 0 Å². The normalized spacial score (nSPS) is 12.3. The molecule has 0 fully saturated rings. The average molecular weight is 717 g/mol. The minimum Gasteiger partial charge on any atom is -0.309 e. The predicted octanol–water partition coefficient (Wildman–Crippen LogP) is 12.6. The van der Waals surface area contributed by atoms with Gasteiger partial charge in [0.2, 0.25) is 0 Å². The Kier molecular flexibility index (Phi) is 8.54. The number of hydrogen-bond acceptors (Lipinski definition) is 3. The van der Waals surface area contributed by atoms with Gasteiger partial charge in [-0.2, -0.15) is 0 Å². The van der Waals surface area contributed by atoms with Gasteiger partial charge < -0.3 is 4.57 Å². The molecule has 8 aromatic carbocycles. The Hall–Kier alpha value is -7.43. The topological polar surface area (TPSA) is 43.6 Å². The summed E-state index contributed by atoms with van der Waals surface area (Å²) >= 11 is 0. The van der Waals surface area contributed by atoms with Gasteiger partial charge in [-0.05, 0) is 63.4 Å². The first-order valence-electron chi connectivity index (χ1n) is 19.0. The first kappa shape index (κ1) is 33.2. The fourth-order valence-corrected chi connectivity index (χ4v) is 7.96. The lowest BCUT2D eigenvalue weighted by Crippen LogP contribution is -2.13. The second kappa shape index (κ2) is 14.4. The summed E-state index contributed by atoms with van der Waals surface area (Å²) in [5.74, 6) is 1.65.